The van der Waals surface area contributed by atoms with Crippen molar-refractivity contribution in [1.82, 2.24) is 20.0 Å². The van der Waals surface area contributed by atoms with Gasteiger partial charge in [0.15, 0.2) is 0 Å². The minimum atomic E-state index is 0.0755. The maximum atomic E-state index is 12.2. The smallest absolute Gasteiger partial charge is 0.234 e. The molecule has 29 heavy (non-hydrogen) atoms. The number of rotatable bonds is 9. The number of amides is 2. The molecule has 2 aliphatic rings. The van der Waals surface area contributed by atoms with Gasteiger partial charge in [0, 0.05) is 64.3 Å². The molecule has 1 aromatic rings. The Morgan fingerprint density at radius 3 is 2.59 bits per heavy atom. The average molecular weight is 403 g/mol. The third-order valence-corrected chi connectivity index (χ3v) is 5.76. The SMILES string of the molecule is COc1ccc(C)cc1CN1CCN(CC(=O)NCCCN2CCCC2=O)CC1. The molecule has 0 saturated carbocycles. The van der Waals surface area contributed by atoms with Crippen molar-refractivity contribution in [1.29, 1.82) is 0 Å². The highest BCUT2D eigenvalue weighted by molar-refractivity contribution is 5.78. The Hall–Kier alpha value is -2.12. The molecule has 0 aliphatic carbocycles. The summed E-state index contributed by atoms with van der Waals surface area (Å²) in [4.78, 5) is 30.3. The van der Waals surface area contributed by atoms with Gasteiger partial charge < -0.3 is 15.0 Å². The van der Waals surface area contributed by atoms with E-state index in [1.807, 2.05) is 11.0 Å². The fourth-order valence-corrected chi connectivity index (χ4v) is 4.07. The highest BCUT2D eigenvalue weighted by Crippen LogP contribution is 2.22. The number of hydrogen-bond acceptors (Lipinski definition) is 5. The number of carbonyl (C=O) groups excluding carboxylic acids is 2. The number of piperazine rings is 1. The van der Waals surface area contributed by atoms with E-state index in [4.69, 9.17) is 4.74 Å². The molecule has 1 aromatic carbocycles. The molecule has 0 unspecified atom stereocenters. The number of likely N-dealkylation sites (tertiary alicyclic amines) is 1. The third kappa shape index (κ3) is 6.44. The number of ether oxygens (including phenoxy) is 1. The summed E-state index contributed by atoms with van der Waals surface area (Å²) in [7, 11) is 1.72. The number of aryl methyl sites for hydroxylation is 1. The second-order valence-electron chi connectivity index (χ2n) is 8.06. The monoisotopic (exact) mass is 402 g/mol. The van der Waals surface area contributed by atoms with Crippen LogP contribution in [0.25, 0.3) is 0 Å². The van der Waals surface area contributed by atoms with Gasteiger partial charge in [-0.05, 0) is 25.8 Å². The van der Waals surface area contributed by atoms with Crippen molar-refractivity contribution in [2.45, 2.75) is 32.7 Å². The lowest BCUT2D eigenvalue weighted by atomic mass is 10.1. The summed E-state index contributed by atoms with van der Waals surface area (Å²) in [5.74, 6) is 1.26. The van der Waals surface area contributed by atoms with Crippen molar-refractivity contribution in [3.63, 3.8) is 0 Å². The lowest BCUT2D eigenvalue weighted by molar-refractivity contribution is -0.127. The Labute approximate surface area is 174 Å². The van der Waals surface area contributed by atoms with Crippen LogP contribution in [0.3, 0.4) is 0 Å². The standard InChI is InChI=1S/C22H34N4O3/c1-18-6-7-20(29-2)19(15-18)16-24-11-13-25(14-12-24)17-21(27)23-8-4-10-26-9-3-5-22(26)28/h6-7,15H,3-5,8-14,16-17H2,1-2H3,(H,23,27). The summed E-state index contributed by atoms with van der Waals surface area (Å²) in [5, 5.41) is 2.99. The first-order valence-corrected chi connectivity index (χ1v) is 10.7. The molecule has 7 nitrogen and oxygen atoms in total. The number of carbonyl (C=O) groups is 2. The summed E-state index contributed by atoms with van der Waals surface area (Å²) in [6, 6.07) is 6.29. The van der Waals surface area contributed by atoms with E-state index in [-0.39, 0.29) is 11.8 Å². The zero-order valence-electron chi connectivity index (χ0n) is 17.8. The van der Waals surface area contributed by atoms with Crippen LogP contribution in [0.4, 0.5) is 0 Å². The van der Waals surface area contributed by atoms with Crippen LogP contribution in [-0.4, -0.2) is 86.0 Å². The molecule has 160 valence electrons. The molecule has 2 aliphatic heterocycles. The zero-order chi connectivity index (χ0) is 20.6. The molecule has 2 amide bonds. The summed E-state index contributed by atoms with van der Waals surface area (Å²) < 4.78 is 5.49. The normalized spacial score (nSPS) is 18.3. The summed E-state index contributed by atoms with van der Waals surface area (Å²) >= 11 is 0. The summed E-state index contributed by atoms with van der Waals surface area (Å²) in [5.41, 5.74) is 2.46. The Morgan fingerprint density at radius 1 is 1.14 bits per heavy atom. The quantitative estimate of drug-likeness (QED) is 0.630. The molecule has 3 rings (SSSR count). The van der Waals surface area contributed by atoms with E-state index in [9.17, 15) is 9.59 Å². The summed E-state index contributed by atoms with van der Waals surface area (Å²) in [6.45, 7) is 9.35. The molecular weight excluding hydrogens is 368 g/mol. The predicted octanol–water partition coefficient (Wildman–Crippen LogP) is 1.25. The predicted molar refractivity (Wildman–Crippen MR) is 113 cm³/mol. The topological polar surface area (TPSA) is 65.1 Å². The van der Waals surface area contributed by atoms with Gasteiger partial charge in [-0.25, -0.2) is 0 Å². The van der Waals surface area contributed by atoms with E-state index >= 15 is 0 Å². The Kier molecular flexibility index (Phi) is 7.89. The molecule has 0 radical (unpaired) electrons. The van der Waals surface area contributed by atoms with Gasteiger partial charge in [-0.3, -0.25) is 19.4 Å². The minimum absolute atomic E-state index is 0.0755. The van der Waals surface area contributed by atoms with Crippen LogP contribution in [0.15, 0.2) is 18.2 Å². The van der Waals surface area contributed by atoms with Crippen molar-refractivity contribution in [3.8, 4) is 5.75 Å². The molecule has 0 spiro atoms. The van der Waals surface area contributed by atoms with Gasteiger partial charge in [-0.15, -0.1) is 0 Å². The number of nitrogens with zero attached hydrogens (tertiary/aromatic N) is 3. The average Bonchev–Trinajstić information content (AvgIpc) is 3.12. The largest absolute Gasteiger partial charge is 0.496 e. The van der Waals surface area contributed by atoms with E-state index in [1.54, 1.807) is 7.11 Å². The zero-order valence-corrected chi connectivity index (χ0v) is 17.8. The lowest BCUT2D eigenvalue weighted by Gasteiger charge is -2.34. The van der Waals surface area contributed by atoms with Crippen LogP contribution >= 0.6 is 0 Å². The third-order valence-electron chi connectivity index (χ3n) is 5.76. The Morgan fingerprint density at radius 2 is 1.90 bits per heavy atom. The highest BCUT2D eigenvalue weighted by atomic mass is 16.5. The molecule has 2 saturated heterocycles. The number of nitrogens with one attached hydrogen (secondary N) is 1. The van der Waals surface area contributed by atoms with Crippen molar-refractivity contribution in [2.24, 2.45) is 0 Å². The first-order chi connectivity index (χ1) is 14.0. The van der Waals surface area contributed by atoms with E-state index in [0.29, 0.717) is 19.5 Å². The second-order valence-corrected chi connectivity index (χ2v) is 8.06. The highest BCUT2D eigenvalue weighted by Gasteiger charge is 2.21. The van der Waals surface area contributed by atoms with E-state index in [2.05, 4.69) is 34.2 Å². The van der Waals surface area contributed by atoms with Gasteiger partial charge in [0.1, 0.15) is 5.75 Å². The molecule has 0 aromatic heterocycles. The fourth-order valence-electron chi connectivity index (χ4n) is 4.07. The molecule has 0 atom stereocenters. The van der Waals surface area contributed by atoms with Crippen LogP contribution in [0.1, 0.15) is 30.4 Å². The lowest BCUT2D eigenvalue weighted by Crippen LogP contribution is -2.49. The van der Waals surface area contributed by atoms with Crippen LogP contribution in [0.5, 0.6) is 5.75 Å². The van der Waals surface area contributed by atoms with Gasteiger partial charge in [-0.2, -0.15) is 0 Å². The number of hydrogen-bond donors (Lipinski definition) is 1. The summed E-state index contributed by atoms with van der Waals surface area (Å²) in [6.07, 6.45) is 2.46. The Balaban J connectivity index is 1.32. The van der Waals surface area contributed by atoms with Crippen LogP contribution in [0, 0.1) is 6.92 Å². The van der Waals surface area contributed by atoms with Crippen LogP contribution in [0.2, 0.25) is 0 Å². The number of benzene rings is 1. The maximum Gasteiger partial charge on any atom is 0.234 e. The van der Waals surface area contributed by atoms with Gasteiger partial charge in [0.25, 0.3) is 0 Å². The first-order valence-electron chi connectivity index (χ1n) is 10.7. The van der Waals surface area contributed by atoms with Crippen LogP contribution in [-0.2, 0) is 16.1 Å². The Bertz CT molecular complexity index is 701. The van der Waals surface area contributed by atoms with Gasteiger partial charge >= 0.3 is 0 Å². The van der Waals surface area contributed by atoms with E-state index < -0.39 is 0 Å². The van der Waals surface area contributed by atoms with Crippen molar-refractivity contribution in [2.75, 3.05) is 59.5 Å². The van der Waals surface area contributed by atoms with Gasteiger partial charge in [0.05, 0.1) is 13.7 Å². The second kappa shape index (κ2) is 10.6. The van der Waals surface area contributed by atoms with Gasteiger partial charge in [-0.1, -0.05) is 17.7 Å². The fraction of sp³-hybridized carbons (Fsp3) is 0.636. The van der Waals surface area contributed by atoms with Crippen molar-refractivity contribution < 1.29 is 14.3 Å². The van der Waals surface area contributed by atoms with Crippen LogP contribution < -0.4 is 10.1 Å². The van der Waals surface area contributed by atoms with Crippen molar-refractivity contribution >= 4 is 11.8 Å². The molecule has 0 bridgehead atoms. The first kappa shape index (κ1) is 21.6. The number of methoxy groups -OCH3 is 1. The van der Waals surface area contributed by atoms with Gasteiger partial charge in [0.2, 0.25) is 11.8 Å². The molecule has 2 heterocycles. The molecule has 1 N–H and O–H groups in total. The molecular formula is C22H34N4O3. The molecule has 2 fully saturated rings. The maximum absolute atomic E-state index is 12.2. The minimum Gasteiger partial charge on any atom is -0.496 e. The molecule has 7 heteroatoms. The van der Waals surface area contributed by atoms with E-state index in [0.717, 1.165) is 64.4 Å². The van der Waals surface area contributed by atoms with E-state index in [1.165, 1.54) is 11.1 Å². The van der Waals surface area contributed by atoms with Crippen molar-refractivity contribution in [3.05, 3.63) is 29.3 Å².